The van der Waals surface area contributed by atoms with Crippen LogP contribution in [0.2, 0.25) is 0 Å². The highest BCUT2D eigenvalue weighted by atomic mass is 16.5. The van der Waals surface area contributed by atoms with Gasteiger partial charge in [0.15, 0.2) is 0 Å². The van der Waals surface area contributed by atoms with Gasteiger partial charge in [0.25, 0.3) is 0 Å². The summed E-state index contributed by atoms with van der Waals surface area (Å²) in [4.78, 5) is 15.7. The van der Waals surface area contributed by atoms with Gasteiger partial charge in [0.05, 0.1) is 17.8 Å². The van der Waals surface area contributed by atoms with Crippen molar-refractivity contribution in [3.8, 4) is 5.69 Å². The molecule has 112 valence electrons. The molecule has 0 aliphatic heterocycles. The minimum absolute atomic E-state index is 0.100. The van der Waals surface area contributed by atoms with E-state index >= 15 is 0 Å². The van der Waals surface area contributed by atoms with Crippen LogP contribution in [0.25, 0.3) is 5.69 Å². The largest absolute Gasteiger partial charge is 0.361 e. The molecular weight excluding hydrogens is 282 g/mol. The Kier molecular flexibility index (Phi) is 3.95. The zero-order valence-electron chi connectivity index (χ0n) is 12.1. The SMILES string of the molecule is Cc1cc(CC(=O)NCc2ccc(-n3cncn3)cc2)on1. The smallest absolute Gasteiger partial charge is 0.227 e. The van der Waals surface area contributed by atoms with Gasteiger partial charge in [-0.05, 0) is 24.6 Å². The molecule has 0 aliphatic carbocycles. The first kappa shape index (κ1) is 14.0. The molecule has 3 aromatic rings. The molecule has 1 N–H and O–H groups in total. The number of hydrogen-bond acceptors (Lipinski definition) is 5. The Morgan fingerprint density at radius 3 is 2.77 bits per heavy atom. The van der Waals surface area contributed by atoms with Crippen molar-refractivity contribution in [1.82, 2.24) is 25.2 Å². The zero-order valence-corrected chi connectivity index (χ0v) is 12.1. The normalized spacial score (nSPS) is 10.6. The third-order valence-corrected chi connectivity index (χ3v) is 3.12. The second kappa shape index (κ2) is 6.21. The van der Waals surface area contributed by atoms with E-state index in [1.807, 2.05) is 31.2 Å². The van der Waals surface area contributed by atoms with Crippen LogP contribution in [0.3, 0.4) is 0 Å². The van der Waals surface area contributed by atoms with E-state index in [4.69, 9.17) is 4.52 Å². The molecule has 7 nitrogen and oxygen atoms in total. The van der Waals surface area contributed by atoms with Crippen LogP contribution in [-0.4, -0.2) is 25.8 Å². The molecule has 2 heterocycles. The van der Waals surface area contributed by atoms with Gasteiger partial charge in [0.1, 0.15) is 18.4 Å². The number of aromatic nitrogens is 4. The molecule has 0 fully saturated rings. The third kappa shape index (κ3) is 3.38. The van der Waals surface area contributed by atoms with Crippen molar-refractivity contribution in [2.75, 3.05) is 0 Å². The van der Waals surface area contributed by atoms with E-state index in [2.05, 4.69) is 20.6 Å². The number of carbonyl (C=O) groups is 1. The van der Waals surface area contributed by atoms with Crippen LogP contribution in [-0.2, 0) is 17.8 Å². The molecule has 0 atom stereocenters. The number of benzene rings is 1. The summed E-state index contributed by atoms with van der Waals surface area (Å²) in [5, 5.41) is 10.7. The zero-order chi connectivity index (χ0) is 15.4. The summed E-state index contributed by atoms with van der Waals surface area (Å²) in [6.07, 6.45) is 3.31. The molecule has 2 aromatic heterocycles. The lowest BCUT2D eigenvalue weighted by Crippen LogP contribution is -2.24. The molecule has 7 heteroatoms. The first-order valence-electron chi connectivity index (χ1n) is 6.83. The Hall–Kier alpha value is -2.96. The van der Waals surface area contributed by atoms with E-state index in [9.17, 15) is 4.79 Å². The fourth-order valence-corrected chi connectivity index (χ4v) is 2.03. The predicted octanol–water partition coefficient (Wildman–Crippen LogP) is 1.42. The molecule has 0 unspecified atom stereocenters. The van der Waals surface area contributed by atoms with Gasteiger partial charge in [-0.1, -0.05) is 17.3 Å². The number of nitrogens with one attached hydrogen (secondary N) is 1. The lowest BCUT2D eigenvalue weighted by atomic mass is 10.2. The van der Waals surface area contributed by atoms with Gasteiger partial charge in [-0.25, -0.2) is 9.67 Å². The van der Waals surface area contributed by atoms with Crippen LogP contribution < -0.4 is 5.32 Å². The number of carbonyl (C=O) groups excluding carboxylic acids is 1. The van der Waals surface area contributed by atoms with Crippen molar-refractivity contribution in [2.24, 2.45) is 0 Å². The molecule has 0 radical (unpaired) electrons. The highest BCUT2D eigenvalue weighted by Gasteiger charge is 2.07. The molecule has 0 saturated heterocycles. The molecule has 3 rings (SSSR count). The molecule has 22 heavy (non-hydrogen) atoms. The van der Waals surface area contributed by atoms with Crippen LogP contribution in [0, 0.1) is 6.92 Å². The summed E-state index contributed by atoms with van der Waals surface area (Å²) in [6.45, 7) is 2.28. The number of nitrogens with zero attached hydrogens (tertiary/aromatic N) is 4. The van der Waals surface area contributed by atoms with Crippen LogP contribution in [0.4, 0.5) is 0 Å². The van der Waals surface area contributed by atoms with Gasteiger partial charge >= 0.3 is 0 Å². The minimum atomic E-state index is -0.100. The number of rotatable bonds is 5. The van der Waals surface area contributed by atoms with Gasteiger partial charge in [-0.15, -0.1) is 0 Å². The van der Waals surface area contributed by atoms with Gasteiger partial charge in [-0.2, -0.15) is 5.10 Å². The molecule has 0 aliphatic rings. The maximum Gasteiger partial charge on any atom is 0.227 e. The van der Waals surface area contributed by atoms with Crippen LogP contribution in [0.15, 0.2) is 47.5 Å². The molecule has 0 saturated carbocycles. The predicted molar refractivity (Wildman–Crippen MR) is 78.1 cm³/mol. The van der Waals surface area contributed by atoms with E-state index in [0.29, 0.717) is 12.3 Å². The maximum absolute atomic E-state index is 11.8. The van der Waals surface area contributed by atoms with Crippen molar-refractivity contribution in [2.45, 2.75) is 19.9 Å². The first-order valence-corrected chi connectivity index (χ1v) is 6.83. The van der Waals surface area contributed by atoms with E-state index in [1.165, 1.54) is 6.33 Å². The van der Waals surface area contributed by atoms with Crippen molar-refractivity contribution >= 4 is 5.91 Å². The van der Waals surface area contributed by atoms with Crippen molar-refractivity contribution in [3.63, 3.8) is 0 Å². The minimum Gasteiger partial charge on any atom is -0.361 e. The Morgan fingerprint density at radius 2 is 2.14 bits per heavy atom. The molecular formula is C15H15N5O2. The van der Waals surface area contributed by atoms with E-state index in [1.54, 1.807) is 17.1 Å². The van der Waals surface area contributed by atoms with E-state index in [0.717, 1.165) is 16.9 Å². The summed E-state index contributed by atoms with van der Waals surface area (Å²) in [5.74, 6) is 0.466. The monoisotopic (exact) mass is 297 g/mol. The quantitative estimate of drug-likeness (QED) is 0.769. The summed E-state index contributed by atoms with van der Waals surface area (Å²) in [7, 11) is 0. The summed E-state index contributed by atoms with van der Waals surface area (Å²) < 4.78 is 6.69. The van der Waals surface area contributed by atoms with Crippen LogP contribution in [0.1, 0.15) is 17.0 Å². The lowest BCUT2D eigenvalue weighted by molar-refractivity contribution is -0.120. The summed E-state index contributed by atoms with van der Waals surface area (Å²) in [5.41, 5.74) is 2.70. The highest BCUT2D eigenvalue weighted by molar-refractivity contribution is 5.77. The molecule has 0 spiro atoms. The number of amides is 1. The highest BCUT2D eigenvalue weighted by Crippen LogP contribution is 2.08. The second-order valence-corrected chi connectivity index (χ2v) is 4.89. The number of hydrogen-bond donors (Lipinski definition) is 1. The number of aryl methyl sites for hydroxylation is 1. The fraction of sp³-hybridized carbons (Fsp3) is 0.200. The topological polar surface area (TPSA) is 85.8 Å². The Labute approximate surface area is 127 Å². The van der Waals surface area contributed by atoms with Crippen LogP contribution in [0.5, 0.6) is 0 Å². The Balaban J connectivity index is 1.54. The van der Waals surface area contributed by atoms with Gasteiger partial charge in [0.2, 0.25) is 5.91 Å². The maximum atomic E-state index is 11.8. The third-order valence-electron chi connectivity index (χ3n) is 3.12. The van der Waals surface area contributed by atoms with Gasteiger partial charge in [0, 0.05) is 12.6 Å². The van der Waals surface area contributed by atoms with E-state index in [-0.39, 0.29) is 12.3 Å². The Morgan fingerprint density at radius 1 is 1.32 bits per heavy atom. The molecule has 0 bridgehead atoms. The average molecular weight is 297 g/mol. The molecule has 1 amide bonds. The van der Waals surface area contributed by atoms with Gasteiger partial charge < -0.3 is 9.84 Å². The van der Waals surface area contributed by atoms with Crippen molar-refractivity contribution in [1.29, 1.82) is 0 Å². The summed E-state index contributed by atoms with van der Waals surface area (Å²) in [6, 6.07) is 9.49. The van der Waals surface area contributed by atoms with E-state index < -0.39 is 0 Å². The second-order valence-electron chi connectivity index (χ2n) is 4.89. The standard InChI is InChI=1S/C15H15N5O2/c1-11-6-14(22-19-11)7-15(21)17-8-12-2-4-13(5-3-12)20-10-16-9-18-20/h2-6,9-10H,7-8H2,1H3,(H,17,21). The van der Waals surface area contributed by atoms with Crippen molar-refractivity contribution < 1.29 is 9.32 Å². The average Bonchev–Trinajstić information content (AvgIpc) is 3.18. The fourth-order valence-electron chi connectivity index (χ4n) is 2.03. The van der Waals surface area contributed by atoms with Gasteiger partial charge in [-0.3, -0.25) is 4.79 Å². The molecule has 1 aromatic carbocycles. The Bertz CT molecular complexity index is 747. The van der Waals surface area contributed by atoms with Crippen molar-refractivity contribution in [3.05, 3.63) is 60.0 Å². The summed E-state index contributed by atoms with van der Waals surface area (Å²) >= 11 is 0. The first-order chi connectivity index (χ1) is 10.7. The lowest BCUT2D eigenvalue weighted by Gasteiger charge is -2.05. The van der Waals surface area contributed by atoms with Crippen LogP contribution >= 0.6 is 0 Å².